The third-order valence-corrected chi connectivity index (χ3v) is 9.57. The molecule has 0 amide bonds. The summed E-state index contributed by atoms with van der Waals surface area (Å²) >= 11 is 1.65. The molecule has 0 aromatic heterocycles. The van der Waals surface area contributed by atoms with Gasteiger partial charge in [-0.15, -0.1) is 0 Å². The second kappa shape index (κ2) is 9.76. The van der Waals surface area contributed by atoms with Gasteiger partial charge in [0.15, 0.2) is 0 Å². The maximum Gasteiger partial charge on any atom is 0.308 e. The largest absolute Gasteiger partial charge is 0.481 e. The van der Waals surface area contributed by atoms with Crippen LogP contribution < -0.4 is 0 Å². The number of sulfonamides is 1. The molecule has 2 aromatic carbocycles. The summed E-state index contributed by atoms with van der Waals surface area (Å²) < 4.78 is 28.9. The summed E-state index contributed by atoms with van der Waals surface area (Å²) in [6, 6.07) is 14.4. The Labute approximate surface area is 189 Å². The first-order valence-electron chi connectivity index (χ1n) is 10.6. The van der Waals surface area contributed by atoms with Crippen molar-refractivity contribution in [1.29, 1.82) is 0 Å². The van der Waals surface area contributed by atoms with Crippen LogP contribution in [0.3, 0.4) is 0 Å². The van der Waals surface area contributed by atoms with Crippen LogP contribution in [0.15, 0.2) is 53.4 Å². The number of hydrogen-bond acceptors (Lipinski definition) is 4. The van der Waals surface area contributed by atoms with Gasteiger partial charge < -0.3 is 5.11 Å². The van der Waals surface area contributed by atoms with Crippen molar-refractivity contribution in [2.24, 2.45) is 11.8 Å². The van der Waals surface area contributed by atoms with Gasteiger partial charge >= 0.3 is 5.97 Å². The quantitative estimate of drug-likeness (QED) is 0.635. The van der Waals surface area contributed by atoms with E-state index in [1.807, 2.05) is 31.2 Å². The molecule has 1 aliphatic rings. The first-order valence-corrected chi connectivity index (χ1v) is 13.1. The van der Waals surface area contributed by atoms with E-state index in [4.69, 9.17) is 0 Å². The number of aliphatic carboxylic acids is 1. The number of benzene rings is 2. The highest BCUT2D eigenvalue weighted by molar-refractivity contribution is 7.99. The van der Waals surface area contributed by atoms with Gasteiger partial charge in [-0.2, -0.15) is 16.1 Å². The second-order valence-corrected chi connectivity index (χ2v) is 11.8. The fourth-order valence-electron chi connectivity index (χ4n) is 4.01. The molecule has 1 fully saturated rings. The molecule has 0 spiro atoms. The third-order valence-electron chi connectivity index (χ3n) is 5.73. The van der Waals surface area contributed by atoms with Crippen molar-refractivity contribution in [3.63, 3.8) is 0 Å². The molecule has 168 valence electrons. The van der Waals surface area contributed by atoms with Crippen molar-refractivity contribution < 1.29 is 18.3 Å². The summed E-state index contributed by atoms with van der Waals surface area (Å²) in [6.45, 7) is 7.96. The Balaban J connectivity index is 2.06. The van der Waals surface area contributed by atoms with Crippen LogP contribution >= 0.6 is 11.8 Å². The Hall–Kier alpha value is -1.83. The molecule has 1 aliphatic heterocycles. The highest BCUT2D eigenvalue weighted by Crippen LogP contribution is 2.42. The van der Waals surface area contributed by atoms with Gasteiger partial charge in [-0.3, -0.25) is 4.79 Å². The van der Waals surface area contributed by atoms with Crippen molar-refractivity contribution in [3.8, 4) is 0 Å². The maximum atomic E-state index is 13.7. The Kier molecular flexibility index (Phi) is 7.50. The van der Waals surface area contributed by atoms with E-state index in [-0.39, 0.29) is 16.7 Å². The Bertz CT molecular complexity index is 1020. The fourth-order valence-corrected chi connectivity index (χ4v) is 7.27. The SMILES string of the molecule is Cc1ccc([C@@H]2C[C@@H](SCC(C)C)[C@H](C(=O)O)CN2S(=O)(=O)c2ccccc2C)cc1. The minimum atomic E-state index is -3.86. The number of piperidine rings is 1. The molecule has 0 saturated carbocycles. The van der Waals surface area contributed by atoms with Gasteiger partial charge in [-0.05, 0) is 49.1 Å². The van der Waals surface area contributed by atoms with E-state index in [0.29, 0.717) is 17.9 Å². The standard InChI is InChI=1S/C24H31NO4S2/c1-16(2)15-30-22-13-21(19-11-9-17(3)10-12-19)25(14-20(22)24(26)27)31(28,29)23-8-6-5-7-18(23)4/h5-12,16,20-22H,13-15H2,1-4H3,(H,26,27)/t20-,21+,22-/m1/s1. The van der Waals surface area contributed by atoms with Crippen molar-refractivity contribution in [2.45, 2.75) is 50.3 Å². The highest BCUT2D eigenvalue weighted by Gasteiger charge is 2.45. The summed E-state index contributed by atoms with van der Waals surface area (Å²) in [5.41, 5.74) is 2.66. The van der Waals surface area contributed by atoms with Crippen LogP contribution in [0.4, 0.5) is 0 Å². The van der Waals surface area contributed by atoms with Gasteiger partial charge in [-0.1, -0.05) is 61.9 Å². The zero-order valence-corrected chi connectivity index (χ0v) is 20.1. The minimum absolute atomic E-state index is 0.0275. The zero-order valence-electron chi connectivity index (χ0n) is 18.5. The van der Waals surface area contributed by atoms with E-state index in [2.05, 4.69) is 13.8 Å². The lowest BCUT2D eigenvalue weighted by atomic mass is 9.90. The topological polar surface area (TPSA) is 74.7 Å². The normalized spacial score (nSPS) is 22.5. The summed E-state index contributed by atoms with van der Waals surface area (Å²) in [5, 5.41) is 9.80. The van der Waals surface area contributed by atoms with Crippen LogP contribution in [-0.4, -0.2) is 41.3 Å². The molecule has 0 radical (unpaired) electrons. The van der Waals surface area contributed by atoms with Crippen LogP contribution in [0.2, 0.25) is 0 Å². The first-order chi connectivity index (χ1) is 14.6. The van der Waals surface area contributed by atoms with Gasteiger partial charge in [0.1, 0.15) is 0 Å². The molecule has 3 rings (SSSR count). The number of carbonyl (C=O) groups is 1. The molecule has 1 heterocycles. The highest BCUT2D eigenvalue weighted by atomic mass is 32.2. The van der Waals surface area contributed by atoms with Crippen LogP contribution in [0.25, 0.3) is 0 Å². The maximum absolute atomic E-state index is 13.7. The summed E-state index contributed by atoms with van der Waals surface area (Å²) in [4.78, 5) is 12.4. The monoisotopic (exact) mass is 461 g/mol. The Morgan fingerprint density at radius 2 is 1.77 bits per heavy atom. The van der Waals surface area contributed by atoms with E-state index in [1.165, 1.54) is 4.31 Å². The smallest absolute Gasteiger partial charge is 0.308 e. The predicted octanol–water partition coefficient (Wildman–Crippen LogP) is 4.90. The molecule has 31 heavy (non-hydrogen) atoms. The molecular formula is C24H31NO4S2. The number of rotatable bonds is 7. The lowest BCUT2D eigenvalue weighted by Crippen LogP contribution is -2.49. The van der Waals surface area contributed by atoms with Gasteiger partial charge in [0.05, 0.1) is 16.9 Å². The third kappa shape index (κ3) is 5.33. The second-order valence-electron chi connectivity index (χ2n) is 8.71. The van der Waals surface area contributed by atoms with Crippen molar-refractivity contribution in [1.82, 2.24) is 4.31 Å². The predicted molar refractivity (Wildman–Crippen MR) is 126 cm³/mol. The molecular weight excluding hydrogens is 430 g/mol. The fraction of sp³-hybridized carbons (Fsp3) is 0.458. The molecule has 5 nitrogen and oxygen atoms in total. The van der Waals surface area contributed by atoms with Crippen molar-refractivity contribution >= 4 is 27.8 Å². The number of nitrogens with zero attached hydrogens (tertiary/aromatic N) is 1. The Morgan fingerprint density at radius 3 is 2.35 bits per heavy atom. The lowest BCUT2D eigenvalue weighted by Gasteiger charge is -2.42. The lowest BCUT2D eigenvalue weighted by molar-refractivity contribution is -0.143. The van der Waals surface area contributed by atoms with Gasteiger partial charge in [0.25, 0.3) is 0 Å². The first kappa shape index (κ1) is 23.8. The molecule has 0 bridgehead atoms. The number of carboxylic acids is 1. The average Bonchev–Trinajstić information content (AvgIpc) is 2.72. The van der Waals surface area contributed by atoms with Crippen LogP contribution in [0.1, 0.15) is 43.0 Å². The molecule has 0 aliphatic carbocycles. The molecule has 1 N–H and O–H groups in total. The number of carboxylic acid groups (broad SMARTS) is 1. The van der Waals surface area contributed by atoms with Gasteiger partial charge in [0, 0.05) is 11.8 Å². The van der Waals surface area contributed by atoms with E-state index in [0.717, 1.165) is 16.9 Å². The van der Waals surface area contributed by atoms with Crippen LogP contribution in [-0.2, 0) is 14.8 Å². The number of hydrogen-bond donors (Lipinski definition) is 1. The van der Waals surface area contributed by atoms with Gasteiger partial charge in [0.2, 0.25) is 10.0 Å². The average molecular weight is 462 g/mol. The number of thioether (sulfide) groups is 1. The zero-order chi connectivity index (χ0) is 22.8. The van der Waals surface area contributed by atoms with Crippen molar-refractivity contribution in [3.05, 3.63) is 65.2 Å². The Morgan fingerprint density at radius 1 is 1.13 bits per heavy atom. The summed E-state index contributed by atoms with van der Waals surface area (Å²) in [5.74, 6) is -0.400. The van der Waals surface area contributed by atoms with Crippen molar-refractivity contribution in [2.75, 3.05) is 12.3 Å². The number of aryl methyl sites for hydroxylation is 2. The van der Waals surface area contributed by atoms with E-state index in [9.17, 15) is 18.3 Å². The molecule has 0 unspecified atom stereocenters. The van der Waals surface area contributed by atoms with E-state index >= 15 is 0 Å². The molecule has 1 saturated heterocycles. The minimum Gasteiger partial charge on any atom is -0.481 e. The van der Waals surface area contributed by atoms with E-state index in [1.54, 1.807) is 43.0 Å². The van der Waals surface area contributed by atoms with Crippen LogP contribution in [0, 0.1) is 25.7 Å². The van der Waals surface area contributed by atoms with E-state index < -0.39 is 28.0 Å². The molecule has 2 aromatic rings. The van der Waals surface area contributed by atoms with Gasteiger partial charge in [-0.25, -0.2) is 8.42 Å². The molecule has 3 atom stereocenters. The molecule has 7 heteroatoms. The summed E-state index contributed by atoms with van der Waals surface area (Å²) in [6.07, 6.45) is 0.475. The summed E-state index contributed by atoms with van der Waals surface area (Å²) in [7, 11) is -3.86. The van der Waals surface area contributed by atoms with Crippen LogP contribution in [0.5, 0.6) is 0 Å².